The lowest BCUT2D eigenvalue weighted by molar-refractivity contribution is -0.133. The van der Waals surface area contributed by atoms with E-state index in [4.69, 9.17) is 0 Å². The molecule has 21 heavy (non-hydrogen) atoms. The van der Waals surface area contributed by atoms with Crippen molar-refractivity contribution >= 4 is 5.91 Å². The van der Waals surface area contributed by atoms with Crippen molar-refractivity contribution in [3.63, 3.8) is 0 Å². The topological polar surface area (TPSA) is 32.3 Å². The number of benzene rings is 1. The molecule has 1 aliphatic carbocycles. The van der Waals surface area contributed by atoms with Crippen molar-refractivity contribution in [1.29, 1.82) is 0 Å². The molecule has 1 unspecified atom stereocenters. The third kappa shape index (κ3) is 2.71. The standard InChI is InChI=1S/C18H26N2O/c1-2-3-9-14-20-16(15-10-5-4-6-11-15)19-18(17(20)21)12-7-8-13-18/h4-6,10-11,16,19H,2-3,7-9,12-14H2,1H3. The van der Waals surface area contributed by atoms with E-state index in [1.165, 1.54) is 31.2 Å². The second-order valence-electron chi connectivity index (χ2n) is 6.45. The van der Waals surface area contributed by atoms with E-state index in [9.17, 15) is 4.79 Å². The van der Waals surface area contributed by atoms with Gasteiger partial charge in [-0.05, 0) is 24.8 Å². The van der Waals surface area contributed by atoms with E-state index >= 15 is 0 Å². The fourth-order valence-electron chi connectivity index (χ4n) is 3.79. The molecule has 3 rings (SSSR count). The van der Waals surface area contributed by atoms with E-state index in [-0.39, 0.29) is 11.7 Å². The van der Waals surface area contributed by atoms with E-state index in [1.807, 2.05) is 6.07 Å². The summed E-state index contributed by atoms with van der Waals surface area (Å²) in [7, 11) is 0. The quantitative estimate of drug-likeness (QED) is 0.838. The minimum absolute atomic E-state index is 0.0636. The zero-order valence-electron chi connectivity index (χ0n) is 13.0. The third-order valence-electron chi connectivity index (χ3n) is 4.97. The minimum Gasteiger partial charge on any atom is -0.321 e. The normalized spacial score (nSPS) is 24.1. The lowest BCUT2D eigenvalue weighted by atomic mass is 9.98. The number of carbonyl (C=O) groups is 1. The molecule has 1 spiro atoms. The van der Waals surface area contributed by atoms with Gasteiger partial charge in [0, 0.05) is 6.54 Å². The second kappa shape index (κ2) is 6.18. The summed E-state index contributed by atoms with van der Waals surface area (Å²) in [6.07, 6.45) is 7.89. The Kier molecular flexibility index (Phi) is 4.29. The molecule has 2 aliphatic rings. The number of hydrogen-bond donors (Lipinski definition) is 1. The first-order chi connectivity index (χ1) is 10.3. The van der Waals surface area contributed by atoms with Gasteiger partial charge in [-0.15, -0.1) is 0 Å². The molecular weight excluding hydrogens is 260 g/mol. The summed E-state index contributed by atoms with van der Waals surface area (Å²) in [5.41, 5.74) is 0.943. The SMILES string of the molecule is CCCCCN1C(=O)C2(CCCC2)NC1c1ccccc1. The average Bonchev–Trinajstić information content (AvgIpc) is 3.09. The van der Waals surface area contributed by atoms with E-state index in [0.29, 0.717) is 5.91 Å². The molecule has 1 N–H and O–H groups in total. The molecular formula is C18H26N2O. The maximum Gasteiger partial charge on any atom is 0.244 e. The van der Waals surface area contributed by atoms with Gasteiger partial charge >= 0.3 is 0 Å². The Balaban J connectivity index is 1.83. The highest BCUT2D eigenvalue weighted by molar-refractivity contribution is 5.89. The number of amides is 1. The van der Waals surface area contributed by atoms with Crippen LogP contribution in [0.5, 0.6) is 0 Å². The van der Waals surface area contributed by atoms with Crippen molar-refractivity contribution in [3.8, 4) is 0 Å². The number of rotatable bonds is 5. The first-order valence-corrected chi connectivity index (χ1v) is 8.40. The van der Waals surface area contributed by atoms with Gasteiger partial charge in [0.15, 0.2) is 0 Å². The van der Waals surface area contributed by atoms with Gasteiger partial charge in [0.05, 0.1) is 5.54 Å². The maximum absolute atomic E-state index is 13.0. The molecule has 0 aromatic heterocycles. The number of hydrogen-bond acceptors (Lipinski definition) is 2. The first kappa shape index (κ1) is 14.6. The molecule has 1 atom stereocenters. The Bertz CT molecular complexity index is 479. The van der Waals surface area contributed by atoms with Gasteiger partial charge in [-0.2, -0.15) is 0 Å². The Hall–Kier alpha value is -1.35. The molecule has 1 heterocycles. The third-order valence-corrected chi connectivity index (χ3v) is 4.97. The Morgan fingerprint density at radius 1 is 1.19 bits per heavy atom. The molecule has 1 saturated carbocycles. The largest absolute Gasteiger partial charge is 0.321 e. The predicted molar refractivity (Wildman–Crippen MR) is 84.8 cm³/mol. The van der Waals surface area contributed by atoms with Crippen LogP contribution in [0.15, 0.2) is 30.3 Å². The summed E-state index contributed by atoms with van der Waals surface area (Å²) >= 11 is 0. The summed E-state index contributed by atoms with van der Waals surface area (Å²) < 4.78 is 0. The molecule has 1 aliphatic heterocycles. The van der Waals surface area contributed by atoms with Crippen LogP contribution >= 0.6 is 0 Å². The smallest absolute Gasteiger partial charge is 0.244 e. The van der Waals surface area contributed by atoms with Gasteiger partial charge < -0.3 is 4.90 Å². The summed E-state index contributed by atoms with van der Waals surface area (Å²) in [5, 5.41) is 3.69. The Labute approximate surface area is 127 Å². The van der Waals surface area contributed by atoms with Crippen LogP contribution in [0.2, 0.25) is 0 Å². The molecule has 3 heteroatoms. The number of nitrogens with one attached hydrogen (secondary N) is 1. The van der Waals surface area contributed by atoms with Crippen LogP contribution in [0.25, 0.3) is 0 Å². The van der Waals surface area contributed by atoms with Crippen molar-refractivity contribution in [2.24, 2.45) is 0 Å². The van der Waals surface area contributed by atoms with Crippen molar-refractivity contribution in [2.75, 3.05) is 6.54 Å². The summed E-state index contributed by atoms with van der Waals surface area (Å²) in [4.78, 5) is 15.1. The molecule has 1 saturated heterocycles. The molecule has 1 aromatic rings. The molecule has 114 valence electrons. The van der Waals surface area contributed by atoms with Crippen LogP contribution in [0.3, 0.4) is 0 Å². The van der Waals surface area contributed by atoms with Crippen LogP contribution in [0.1, 0.15) is 63.6 Å². The van der Waals surface area contributed by atoms with Crippen molar-refractivity contribution in [1.82, 2.24) is 10.2 Å². The highest BCUT2D eigenvalue weighted by Crippen LogP contribution is 2.40. The highest BCUT2D eigenvalue weighted by Gasteiger charge is 2.52. The number of carbonyl (C=O) groups excluding carboxylic acids is 1. The lowest BCUT2D eigenvalue weighted by Crippen LogP contribution is -2.44. The van der Waals surface area contributed by atoms with Crippen molar-refractivity contribution in [2.45, 2.75) is 63.6 Å². The van der Waals surface area contributed by atoms with Crippen LogP contribution in [0, 0.1) is 0 Å². The van der Waals surface area contributed by atoms with Gasteiger partial charge in [0.25, 0.3) is 0 Å². The molecule has 1 amide bonds. The van der Waals surface area contributed by atoms with Gasteiger partial charge in [0.1, 0.15) is 6.17 Å². The van der Waals surface area contributed by atoms with E-state index < -0.39 is 0 Å². The number of unbranched alkanes of at least 4 members (excludes halogenated alkanes) is 2. The Morgan fingerprint density at radius 2 is 1.90 bits per heavy atom. The van der Waals surface area contributed by atoms with Crippen LogP contribution in [-0.4, -0.2) is 22.9 Å². The van der Waals surface area contributed by atoms with Crippen molar-refractivity contribution < 1.29 is 4.79 Å². The zero-order valence-corrected chi connectivity index (χ0v) is 13.0. The van der Waals surface area contributed by atoms with Crippen LogP contribution in [-0.2, 0) is 4.79 Å². The van der Waals surface area contributed by atoms with Crippen molar-refractivity contribution in [3.05, 3.63) is 35.9 Å². The first-order valence-electron chi connectivity index (χ1n) is 8.40. The fourth-order valence-corrected chi connectivity index (χ4v) is 3.79. The van der Waals surface area contributed by atoms with E-state index in [1.54, 1.807) is 0 Å². The van der Waals surface area contributed by atoms with Gasteiger partial charge in [-0.3, -0.25) is 10.1 Å². The molecule has 2 fully saturated rings. The number of nitrogens with zero attached hydrogens (tertiary/aromatic N) is 1. The lowest BCUT2D eigenvalue weighted by Gasteiger charge is -2.24. The van der Waals surface area contributed by atoms with Crippen LogP contribution in [0.4, 0.5) is 0 Å². The second-order valence-corrected chi connectivity index (χ2v) is 6.45. The van der Waals surface area contributed by atoms with E-state index in [0.717, 1.165) is 25.8 Å². The summed E-state index contributed by atoms with van der Waals surface area (Å²) in [6.45, 7) is 3.08. The van der Waals surface area contributed by atoms with Gasteiger partial charge in [-0.1, -0.05) is 62.9 Å². The molecule has 0 radical (unpaired) electrons. The monoisotopic (exact) mass is 286 g/mol. The van der Waals surface area contributed by atoms with Gasteiger partial charge in [-0.25, -0.2) is 0 Å². The molecule has 3 nitrogen and oxygen atoms in total. The predicted octanol–water partition coefficient (Wildman–Crippen LogP) is 3.62. The fraction of sp³-hybridized carbons (Fsp3) is 0.611. The zero-order chi connectivity index (χ0) is 14.7. The van der Waals surface area contributed by atoms with Crippen LogP contribution < -0.4 is 5.32 Å². The minimum atomic E-state index is -0.271. The maximum atomic E-state index is 13.0. The average molecular weight is 286 g/mol. The molecule has 0 bridgehead atoms. The molecule has 1 aromatic carbocycles. The Morgan fingerprint density at radius 3 is 2.57 bits per heavy atom. The van der Waals surface area contributed by atoms with E-state index in [2.05, 4.69) is 41.4 Å². The van der Waals surface area contributed by atoms with Gasteiger partial charge in [0.2, 0.25) is 5.91 Å². The summed E-state index contributed by atoms with van der Waals surface area (Å²) in [5.74, 6) is 0.338. The highest BCUT2D eigenvalue weighted by atomic mass is 16.2. The summed E-state index contributed by atoms with van der Waals surface area (Å²) in [6, 6.07) is 10.4.